The van der Waals surface area contributed by atoms with Crippen LogP contribution >= 0.6 is 27.5 Å². The van der Waals surface area contributed by atoms with Crippen molar-refractivity contribution in [1.82, 2.24) is 0 Å². The van der Waals surface area contributed by atoms with Gasteiger partial charge in [-0.2, -0.15) is 0 Å². The zero-order chi connectivity index (χ0) is 13.7. The van der Waals surface area contributed by atoms with Gasteiger partial charge in [0.15, 0.2) is 0 Å². The van der Waals surface area contributed by atoms with Crippen molar-refractivity contribution in [3.8, 4) is 0 Å². The molecule has 0 aliphatic rings. The number of hydrogen-bond acceptors (Lipinski definition) is 0. The molecular formula is C17H18BrCl. The van der Waals surface area contributed by atoms with Gasteiger partial charge in [0.05, 0.1) is 0 Å². The van der Waals surface area contributed by atoms with Gasteiger partial charge in [-0.05, 0) is 48.9 Å². The molecule has 0 aliphatic heterocycles. The second kappa shape index (κ2) is 7.12. The first-order chi connectivity index (χ1) is 9.16. The minimum absolute atomic E-state index is 0.465. The van der Waals surface area contributed by atoms with Crippen molar-refractivity contribution in [2.24, 2.45) is 0 Å². The third-order valence-electron chi connectivity index (χ3n) is 3.39. The quantitative estimate of drug-likeness (QED) is 0.624. The van der Waals surface area contributed by atoms with Crippen LogP contribution in [0.5, 0.6) is 0 Å². The summed E-state index contributed by atoms with van der Waals surface area (Å²) in [5, 5.41) is 0.864. The number of alkyl halides is 1. The van der Waals surface area contributed by atoms with Crippen molar-refractivity contribution in [2.75, 3.05) is 0 Å². The topological polar surface area (TPSA) is 0 Å². The van der Waals surface area contributed by atoms with E-state index in [0.717, 1.165) is 24.3 Å². The van der Waals surface area contributed by atoms with Gasteiger partial charge in [-0.3, -0.25) is 0 Å². The lowest BCUT2D eigenvalue weighted by atomic mass is 10.0. The van der Waals surface area contributed by atoms with E-state index in [4.69, 9.17) is 11.6 Å². The summed E-state index contributed by atoms with van der Waals surface area (Å²) in [4.78, 5) is 0.465. The van der Waals surface area contributed by atoms with Gasteiger partial charge in [0.2, 0.25) is 0 Å². The lowest BCUT2D eigenvalue weighted by Gasteiger charge is -2.12. The molecule has 1 unspecified atom stereocenters. The molecule has 0 amide bonds. The van der Waals surface area contributed by atoms with Crippen molar-refractivity contribution in [3.63, 3.8) is 0 Å². The maximum atomic E-state index is 6.19. The highest BCUT2D eigenvalue weighted by atomic mass is 79.9. The predicted molar refractivity (Wildman–Crippen MR) is 87.4 cm³/mol. The summed E-state index contributed by atoms with van der Waals surface area (Å²) in [6, 6.07) is 16.7. The highest BCUT2D eigenvalue weighted by molar-refractivity contribution is 9.09. The highest BCUT2D eigenvalue weighted by Crippen LogP contribution is 2.22. The van der Waals surface area contributed by atoms with Gasteiger partial charge in [-0.15, -0.1) is 0 Å². The van der Waals surface area contributed by atoms with Gasteiger partial charge >= 0.3 is 0 Å². The van der Waals surface area contributed by atoms with E-state index < -0.39 is 0 Å². The van der Waals surface area contributed by atoms with E-state index in [1.807, 2.05) is 18.2 Å². The van der Waals surface area contributed by atoms with Gasteiger partial charge in [0.1, 0.15) is 0 Å². The molecule has 1 atom stereocenters. The smallest absolute Gasteiger partial charge is 0.0438 e. The second-order valence-electron chi connectivity index (χ2n) is 4.86. The predicted octanol–water partition coefficient (Wildman–Crippen LogP) is 5.59. The fourth-order valence-electron chi connectivity index (χ4n) is 2.21. The molecule has 0 heterocycles. The Morgan fingerprint density at radius 1 is 1.00 bits per heavy atom. The van der Waals surface area contributed by atoms with Gasteiger partial charge in [0.25, 0.3) is 0 Å². The fourth-order valence-corrected chi connectivity index (χ4v) is 3.00. The number of halogens is 2. The Labute approximate surface area is 128 Å². The average Bonchev–Trinajstić information content (AvgIpc) is 2.40. The molecule has 0 nitrogen and oxygen atoms in total. The summed E-state index contributed by atoms with van der Waals surface area (Å²) in [6.07, 6.45) is 3.20. The Morgan fingerprint density at radius 2 is 1.63 bits per heavy atom. The summed E-state index contributed by atoms with van der Waals surface area (Å²) in [5.74, 6) is 0. The number of rotatable bonds is 5. The van der Waals surface area contributed by atoms with Crippen LogP contribution in [0.1, 0.15) is 23.1 Å². The molecule has 100 valence electrons. The number of hydrogen-bond donors (Lipinski definition) is 0. The van der Waals surface area contributed by atoms with E-state index >= 15 is 0 Å². The summed E-state index contributed by atoms with van der Waals surface area (Å²) < 4.78 is 0. The molecule has 0 saturated carbocycles. The van der Waals surface area contributed by atoms with Crippen LogP contribution in [0.2, 0.25) is 5.02 Å². The molecule has 0 aliphatic carbocycles. The van der Waals surface area contributed by atoms with E-state index in [2.05, 4.69) is 53.2 Å². The van der Waals surface area contributed by atoms with E-state index in [1.165, 1.54) is 16.7 Å². The SMILES string of the molecule is Cc1ccccc1CCC(Br)Cc1ccccc1Cl. The monoisotopic (exact) mass is 336 g/mol. The van der Waals surface area contributed by atoms with Crippen molar-refractivity contribution >= 4 is 27.5 Å². The van der Waals surface area contributed by atoms with Gasteiger partial charge in [-0.25, -0.2) is 0 Å². The Bertz CT molecular complexity index is 536. The maximum absolute atomic E-state index is 6.19. The zero-order valence-electron chi connectivity index (χ0n) is 11.1. The maximum Gasteiger partial charge on any atom is 0.0438 e. The summed E-state index contributed by atoms with van der Waals surface area (Å²) in [6.45, 7) is 2.17. The van der Waals surface area contributed by atoms with E-state index in [1.54, 1.807) is 0 Å². The van der Waals surface area contributed by atoms with Crippen LogP contribution in [0.15, 0.2) is 48.5 Å². The van der Waals surface area contributed by atoms with Crippen molar-refractivity contribution in [3.05, 3.63) is 70.2 Å². The molecular weight excluding hydrogens is 320 g/mol. The van der Waals surface area contributed by atoms with Crippen molar-refractivity contribution in [1.29, 1.82) is 0 Å². The summed E-state index contributed by atoms with van der Waals surface area (Å²) in [7, 11) is 0. The third kappa shape index (κ3) is 4.36. The Kier molecular flexibility index (Phi) is 5.47. The van der Waals surface area contributed by atoms with E-state index in [-0.39, 0.29) is 0 Å². The number of aryl methyl sites for hydroxylation is 2. The largest absolute Gasteiger partial charge is 0.0887 e. The van der Waals surface area contributed by atoms with E-state index in [0.29, 0.717) is 4.83 Å². The zero-order valence-corrected chi connectivity index (χ0v) is 13.4. The standard InChI is InChI=1S/C17H18BrCl/c1-13-6-2-3-7-14(13)10-11-16(18)12-15-8-4-5-9-17(15)19/h2-9,16H,10-12H2,1H3. The summed E-state index contributed by atoms with van der Waals surface area (Å²) >= 11 is 9.96. The molecule has 19 heavy (non-hydrogen) atoms. The molecule has 2 rings (SSSR count). The van der Waals surface area contributed by atoms with Crippen LogP contribution in [0.3, 0.4) is 0 Å². The van der Waals surface area contributed by atoms with Crippen LogP contribution in [-0.4, -0.2) is 4.83 Å². The van der Waals surface area contributed by atoms with Gasteiger partial charge in [0, 0.05) is 9.85 Å². The molecule has 0 aromatic heterocycles. The van der Waals surface area contributed by atoms with Crippen molar-refractivity contribution < 1.29 is 0 Å². The average molecular weight is 338 g/mol. The minimum atomic E-state index is 0.465. The van der Waals surface area contributed by atoms with Crippen LogP contribution < -0.4 is 0 Å². The first kappa shape index (κ1) is 14.6. The molecule has 0 spiro atoms. The van der Waals surface area contributed by atoms with Gasteiger partial charge in [-0.1, -0.05) is 70.0 Å². The minimum Gasteiger partial charge on any atom is -0.0887 e. The molecule has 0 bridgehead atoms. The van der Waals surface area contributed by atoms with Gasteiger partial charge < -0.3 is 0 Å². The fraction of sp³-hybridized carbons (Fsp3) is 0.294. The number of benzene rings is 2. The van der Waals surface area contributed by atoms with Crippen LogP contribution in [0.25, 0.3) is 0 Å². The molecule has 0 N–H and O–H groups in total. The Balaban J connectivity index is 1.90. The molecule has 2 heteroatoms. The van der Waals surface area contributed by atoms with E-state index in [9.17, 15) is 0 Å². The highest BCUT2D eigenvalue weighted by Gasteiger charge is 2.09. The second-order valence-corrected chi connectivity index (χ2v) is 6.56. The van der Waals surface area contributed by atoms with Crippen molar-refractivity contribution in [2.45, 2.75) is 31.0 Å². The van der Waals surface area contributed by atoms with Crippen LogP contribution in [0.4, 0.5) is 0 Å². The molecule has 2 aromatic carbocycles. The molecule has 0 saturated heterocycles. The van der Waals surface area contributed by atoms with Crippen LogP contribution in [-0.2, 0) is 12.8 Å². The third-order valence-corrected chi connectivity index (χ3v) is 4.54. The lowest BCUT2D eigenvalue weighted by molar-refractivity contribution is 0.761. The normalized spacial score (nSPS) is 12.4. The lowest BCUT2D eigenvalue weighted by Crippen LogP contribution is -2.05. The first-order valence-electron chi connectivity index (χ1n) is 6.59. The first-order valence-corrected chi connectivity index (χ1v) is 7.88. The summed E-state index contributed by atoms with van der Waals surface area (Å²) in [5.41, 5.74) is 4.03. The molecule has 2 aromatic rings. The Morgan fingerprint density at radius 3 is 2.32 bits per heavy atom. The van der Waals surface area contributed by atoms with Crippen LogP contribution in [0, 0.1) is 6.92 Å². The molecule has 0 fully saturated rings. The molecule has 0 radical (unpaired) electrons. The Hall–Kier alpha value is -0.790.